The molecule has 0 aromatic carbocycles. The molecular weight excluding hydrogens is 1470 g/mol. The fourth-order valence-electron chi connectivity index (χ4n) is 7.70. The number of ketones is 2. The van der Waals surface area contributed by atoms with Crippen LogP contribution in [-0.2, 0) is 52.2 Å². The zero-order valence-corrected chi connectivity index (χ0v) is 62.3. The number of carboxylic acids is 2. The second-order valence-electron chi connectivity index (χ2n) is 25.4. The SMILES string of the molecule is CC(C)(C)OC(=O)C(=[N+]=[N-])C(=O)c1ncccc1F.CC(C)(C)OC(=O)C(N=N)=C(O)c1ncccc1F.CC(C)(C)OC(=O)CC(=O)c1ncccc1F.COC(=O)c1ncccc1F.Cn1nc(C(=O)O)c(=O)c2ncccc21.Cn1nc(C(=O)OC(C)(C)C)c(=O)c2ncccc21.O=C([O-])c1ncccc1F.[Li+]. The maximum Gasteiger partial charge on any atom is 1.00 e. The first-order valence-electron chi connectivity index (χ1n) is 31.4. The molecule has 0 bridgehead atoms. The molecule has 0 aliphatic carbocycles. The third-order valence-electron chi connectivity index (χ3n) is 12.1. The molecule has 9 heterocycles. The van der Waals surface area contributed by atoms with Crippen LogP contribution in [0.1, 0.15) is 158 Å². The number of rotatable bonds is 13. The zero-order chi connectivity index (χ0) is 83.3. The van der Waals surface area contributed by atoms with E-state index in [1.165, 1.54) is 90.2 Å². The van der Waals surface area contributed by atoms with E-state index in [0.29, 0.717) is 11.0 Å². The van der Waals surface area contributed by atoms with Gasteiger partial charge in [-0.15, -0.1) is 5.11 Å². The van der Waals surface area contributed by atoms with Crippen LogP contribution in [0.2, 0.25) is 0 Å². The van der Waals surface area contributed by atoms with Gasteiger partial charge in [-0.1, -0.05) is 0 Å². The number of hydrogen-bond acceptors (Lipinski definition) is 29. The summed E-state index contributed by atoms with van der Waals surface area (Å²) in [6.45, 7) is 19.8. The number of Topliss-reactive ketones (excluding diaryl/α,β-unsaturated/α-hetero) is 2. The van der Waals surface area contributed by atoms with Gasteiger partial charge in [0.15, 0.2) is 52.0 Å². The number of aliphatic hydroxyl groups is 1. The molecule has 0 saturated carbocycles. The molecule has 0 amide bonds. The normalized spacial score (nSPS) is 10.8. The molecule has 9 aromatic heterocycles. The van der Waals surface area contributed by atoms with Gasteiger partial charge in [0.05, 0.1) is 24.1 Å². The van der Waals surface area contributed by atoms with Crippen LogP contribution in [0.3, 0.4) is 0 Å². The summed E-state index contributed by atoms with van der Waals surface area (Å²) in [5.74, 6) is -14.0. The van der Waals surface area contributed by atoms with Crippen molar-refractivity contribution in [1.82, 2.24) is 54.4 Å². The first-order valence-corrected chi connectivity index (χ1v) is 31.4. The molecule has 0 spiro atoms. The van der Waals surface area contributed by atoms with Crippen LogP contribution in [0.25, 0.3) is 33.4 Å². The monoisotopic (exact) mass is 1540 g/mol. The summed E-state index contributed by atoms with van der Waals surface area (Å²) < 4.78 is 92.0. The van der Waals surface area contributed by atoms with Crippen molar-refractivity contribution in [3.63, 3.8) is 0 Å². The summed E-state index contributed by atoms with van der Waals surface area (Å²) in [7, 11) is 4.39. The molecule has 0 fully saturated rings. The Morgan fingerprint density at radius 3 is 1.21 bits per heavy atom. The van der Waals surface area contributed by atoms with Crippen molar-refractivity contribution in [3.05, 3.63) is 229 Å². The Hall–Kier alpha value is -13.3. The second kappa shape index (κ2) is 42.3. The standard InChI is InChI=1S/C13H15N3O3.C12H14FN3O3.C12H12FN3O3.C12H14FNO3.C9H7N3O3.C7H6FNO2.C6H4FNO2.Li/c1-13(2,3)19-12(18)10-11(17)9-8(16(4)15-10)6-5-7-14-9;2*1-12(2,3)19-11(18)9(16-14)10(17)8-7(13)5-4-6-15-8;1-12(2,3)17-10(16)7-9(15)11-8(13)5-4-6-14-11;1-12-5-3-2-4-10-6(5)8(13)7(11-12)9(14)15;1-11-7(10)6-5(8)3-2-4-9-6;7-4-2-1-3-8-5(4)6(9)10;/h5-7H,1-4H3;4-6,14,17H,1-3H3;4-6H,1-3H3;4-6H,7H2,1-3H3;2-4H,1H3,(H,14,15);2-4H,1H3;1-3H,(H,9,10);/q;;;;;;;+1/p-1. The average molecular weight is 1540 g/mol. The minimum absolute atomic E-state index is 0. The number of halogens is 5. The van der Waals surface area contributed by atoms with Crippen LogP contribution >= 0.6 is 0 Å². The van der Waals surface area contributed by atoms with E-state index in [2.05, 4.69) is 59.7 Å². The number of nitrogens with one attached hydrogen (secondary N) is 1. The van der Waals surface area contributed by atoms with Crippen molar-refractivity contribution < 1.29 is 128 Å². The number of carboxylic acid groups (broad SMARTS) is 2. The van der Waals surface area contributed by atoms with Gasteiger partial charge >= 0.3 is 66.2 Å². The minimum atomic E-state index is -1.60. The van der Waals surface area contributed by atoms with Crippen molar-refractivity contribution in [1.29, 1.82) is 5.53 Å². The van der Waals surface area contributed by atoms with Gasteiger partial charge in [0.25, 0.3) is 0 Å². The number of aryl methyl sites for hydroxylation is 2. The van der Waals surface area contributed by atoms with Crippen LogP contribution in [0.4, 0.5) is 22.0 Å². The topological polar surface area (TPSA) is 496 Å². The Balaban J connectivity index is 0.000000443. The van der Waals surface area contributed by atoms with E-state index in [1.807, 2.05) is 0 Å². The van der Waals surface area contributed by atoms with Gasteiger partial charge in [0.2, 0.25) is 27.9 Å². The molecule has 0 saturated heterocycles. The van der Waals surface area contributed by atoms with E-state index in [9.17, 15) is 84.9 Å². The summed E-state index contributed by atoms with van der Waals surface area (Å²) in [6, 6.07) is 18.8. The molecule has 34 nitrogen and oxygen atoms in total. The number of ether oxygens (including phenoxy) is 5. The number of nitrogens with zero attached hydrogens (tertiary/aromatic N) is 14. The van der Waals surface area contributed by atoms with E-state index in [-0.39, 0.29) is 47.0 Å². The van der Waals surface area contributed by atoms with Gasteiger partial charge in [-0.3, -0.25) is 53.3 Å². The summed E-state index contributed by atoms with van der Waals surface area (Å²) in [5.41, 5.74) is 8.11. The molecule has 0 atom stereocenters. The van der Waals surface area contributed by atoms with Gasteiger partial charge in [0, 0.05) is 57.5 Å². The predicted molar refractivity (Wildman–Crippen MR) is 372 cm³/mol. The Kier molecular flexibility index (Phi) is 35.8. The maximum atomic E-state index is 13.4. The number of pyridine rings is 7. The Bertz CT molecular complexity index is 5130. The number of aliphatic hydroxyl groups excluding tert-OH is 1. The van der Waals surface area contributed by atoms with Gasteiger partial charge < -0.3 is 49.3 Å². The van der Waals surface area contributed by atoms with Crippen molar-refractivity contribution in [2.75, 3.05) is 7.11 Å². The number of methoxy groups -OCH3 is 1. The Labute approximate surface area is 639 Å². The van der Waals surface area contributed by atoms with Gasteiger partial charge in [-0.25, -0.2) is 66.4 Å². The molecule has 0 radical (unpaired) electrons. The maximum absolute atomic E-state index is 13.4. The number of carbonyl (C=O) groups excluding carboxylic acids is 8. The zero-order valence-electron chi connectivity index (χ0n) is 62.3. The summed E-state index contributed by atoms with van der Waals surface area (Å²) in [5, 5.41) is 39.1. The second-order valence-corrected chi connectivity index (χ2v) is 25.4. The van der Waals surface area contributed by atoms with Crippen molar-refractivity contribution in [3.8, 4) is 0 Å². The summed E-state index contributed by atoms with van der Waals surface area (Å²) in [6.07, 6.45) is 8.67. The van der Waals surface area contributed by atoms with E-state index < -0.39 is 162 Å². The quantitative estimate of drug-likeness (QED) is 0.0113. The third-order valence-corrected chi connectivity index (χ3v) is 12.1. The van der Waals surface area contributed by atoms with Crippen molar-refractivity contribution in [2.45, 2.75) is 112 Å². The number of fused-ring (bicyclic) bond motifs is 2. The number of esters is 5. The number of aromatic nitrogens is 11. The molecule has 0 unspecified atom stereocenters. The van der Waals surface area contributed by atoms with Gasteiger partial charge in [-0.05, 0) is 168 Å². The summed E-state index contributed by atoms with van der Waals surface area (Å²) in [4.78, 5) is 153. The first-order chi connectivity index (χ1) is 51.2. The number of aromatic carboxylic acids is 2. The van der Waals surface area contributed by atoms with Gasteiger partial charge in [-0.2, -0.15) is 15.0 Å². The largest absolute Gasteiger partial charge is 1.00 e. The van der Waals surface area contributed by atoms with E-state index in [0.717, 1.165) is 30.3 Å². The smallest absolute Gasteiger partial charge is 0.543 e. The molecule has 9 aromatic rings. The summed E-state index contributed by atoms with van der Waals surface area (Å²) >= 11 is 0. The Morgan fingerprint density at radius 2 is 0.847 bits per heavy atom. The molecule has 3 N–H and O–H groups in total. The van der Waals surface area contributed by atoms with E-state index in [1.54, 1.807) is 121 Å². The predicted octanol–water partition coefficient (Wildman–Crippen LogP) is 5.28. The van der Waals surface area contributed by atoms with Crippen LogP contribution in [0.5, 0.6) is 0 Å². The molecule has 40 heteroatoms. The number of hydrogen-bond donors (Lipinski definition) is 3. The fourth-order valence-corrected chi connectivity index (χ4v) is 7.70. The third kappa shape index (κ3) is 30.1. The molecule has 0 aliphatic rings. The van der Waals surface area contributed by atoms with Crippen LogP contribution in [0, 0.1) is 34.6 Å². The average Bonchev–Trinajstić information content (AvgIpc) is 0.792. The van der Waals surface area contributed by atoms with E-state index >= 15 is 0 Å². The first kappa shape index (κ1) is 93.8. The minimum Gasteiger partial charge on any atom is -0.543 e. The van der Waals surface area contributed by atoms with Crippen LogP contribution in [0.15, 0.2) is 149 Å². The van der Waals surface area contributed by atoms with Crippen molar-refractivity contribution in [2.24, 2.45) is 19.2 Å². The molecule has 111 heavy (non-hydrogen) atoms. The molecular formula is C71H71F5LiN15O19. The van der Waals surface area contributed by atoms with Crippen LogP contribution < -0.4 is 34.8 Å². The van der Waals surface area contributed by atoms with Crippen LogP contribution in [-0.4, -0.2) is 158 Å². The van der Waals surface area contributed by atoms with Gasteiger partial charge in [0.1, 0.15) is 56.9 Å². The van der Waals surface area contributed by atoms with E-state index in [4.69, 9.17) is 35.1 Å². The molecule has 580 valence electrons. The molecule has 0 aliphatic heterocycles. The Morgan fingerprint density at radius 1 is 0.495 bits per heavy atom. The molecule has 9 rings (SSSR count). The number of carbonyl (C=O) groups is 9. The van der Waals surface area contributed by atoms with Crippen molar-refractivity contribution >= 4 is 86.9 Å². The fraction of sp³-hybridized carbons (Fsp3) is 0.282.